The van der Waals surface area contributed by atoms with Crippen molar-refractivity contribution in [2.75, 3.05) is 19.6 Å². The van der Waals surface area contributed by atoms with Crippen molar-refractivity contribution in [3.05, 3.63) is 0 Å². The van der Waals surface area contributed by atoms with Crippen LogP contribution in [0.15, 0.2) is 4.99 Å². The third-order valence-electron chi connectivity index (χ3n) is 4.18. The summed E-state index contributed by atoms with van der Waals surface area (Å²) >= 11 is 0. The third-order valence-corrected chi connectivity index (χ3v) is 4.18. The molecular weight excluding hydrogens is 341 g/mol. The first-order chi connectivity index (χ1) is 8.09. The van der Waals surface area contributed by atoms with Gasteiger partial charge < -0.3 is 15.7 Å². The molecular formula is C13H26IN3O. The molecule has 3 N–H and O–H groups in total. The molecule has 1 saturated carbocycles. The summed E-state index contributed by atoms with van der Waals surface area (Å²) in [6, 6.07) is 0. The van der Waals surface area contributed by atoms with Crippen molar-refractivity contribution < 1.29 is 5.11 Å². The molecule has 5 heteroatoms. The Labute approximate surface area is 127 Å². The molecule has 1 aliphatic heterocycles. The average molecular weight is 367 g/mol. The summed E-state index contributed by atoms with van der Waals surface area (Å²) in [5.74, 6) is 1.43. The second-order valence-electron chi connectivity index (χ2n) is 5.78. The van der Waals surface area contributed by atoms with Crippen molar-refractivity contribution in [2.45, 2.75) is 51.0 Å². The molecule has 0 aromatic heterocycles. The molecule has 4 nitrogen and oxygen atoms in total. The zero-order valence-electron chi connectivity index (χ0n) is 11.3. The lowest BCUT2D eigenvalue weighted by Gasteiger charge is -2.31. The lowest BCUT2D eigenvalue weighted by atomic mass is 9.99. The van der Waals surface area contributed by atoms with Crippen LogP contribution in [0.25, 0.3) is 0 Å². The Kier molecular flexibility index (Phi) is 6.17. The van der Waals surface area contributed by atoms with E-state index in [4.69, 9.17) is 5.73 Å². The van der Waals surface area contributed by atoms with Crippen molar-refractivity contribution in [3.63, 3.8) is 0 Å². The normalized spacial score (nSPS) is 25.0. The maximum atomic E-state index is 10.2. The van der Waals surface area contributed by atoms with Gasteiger partial charge in [-0.25, -0.2) is 0 Å². The highest BCUT2D eigenvalue weighted by Gasteiger charge is 2.31. The van der Waals surface area contributed by atoms with Gasteiger partial charge in [-0.15, -0.1) is 24.0 Å². The molecule has 1 aliphatic carbocycles. The van der Waals surface area contributed by atoms with Crippen LogP contribution in [0, 0.1) is 5.92 Å². The Morgan fingerprint density at radius 1 is 1.33 bits per heavy atom. The third kappa shape index (κ3) is 4.26. The number of rotatable bonds is 2. The zero-order valence-corrected chi connectivity index (χ0v) is 13.6. The fraction of sp³-hybridized carbons (Fsp3) is 0.923. The number of nitrogens with two attached hydrogens (primary N) is 1. The predicted molar refractivity (Wildman–Crippen MR) is 85.3 cm³/mol. The molecule has 2 aliphatic rings. The first-order valence-electron chi connectivity index (χ1n) is 6.86. The number of piperidine rings is 1. The smallest absolute Gasteiger partial charge is 0.191 e. The topological polar surface area (TPSA) is 61.8 Å². The first-order valence-corrected chi connectivity index (χ1v) is 6.86. The van der Waals surface area contributed by atoms with Crippen LogP contribution in [-0.4, -0.2) is 41.2 Å². The highest BCUT2D eigenvalue weighted by Crippen LogP contribution is 2.29. The Bertz CT molecular complexity index is 282. The summed E-state index contributed by atoms with van der Waals surface area (Å²) in [6.07, 6.45) is 6.38. The van der Waals surface area contributed by atoms with E-state index in [2.05, 4.69) is 16.8 Å². The van der Waals surface area contributed by atoms with Gasteiger partial charge in [0.05, 0.1) is 12.1 Å². The van der Waals surface area contributed by atoms with Crippen molar-refractivity contribution >= 4 is 29.9 Å². The largest absolute Gasteiger partial charge is 0.388 e. The molecule has 0 spiro atoms. The molecule has 0 amide bonds. The van der Waals surface area contributed by atoms with Crippen molar-refractivity contribution in [1.29, 1.82) is 0 Å². The highest BCUT2D eigenvalue weighted by molar-refractivity contribution is 14.0. The van der Waals surface area contributed by atoms with Crippen LogP contribution in [0.2, 0.25) is 0 Å². The van der Waals surface area contributed by atoms with E-state index in [1.807, 2.05) is 0 Å². The minimum absolute atomic E-state index is 0. The average Bonchev–Trinajstić information content (AvgIpc) is 2.75. The molecule has 0 unspecified atom stereocenters. The van der Waals surface area contributed by atoms with Gasteiger partial charge in [0, 0.05) is 13.1 Å². The Hall–Kier alpha value is -0.0400. The molecule has 1 saturated heterocycles. The summed E-state index contributed by atoms with van der Waals surface area (Å²) in [7, 11) is 0. The maximum absolute atomic E-state index is 10.2. The molecule has 0 atom stereocenters. The summed E-state index contributed by atoms with van der Waals surface area (Å²) < 4.78 is 0. The number of aliphatic imine (C=N–C) groups is 1. The van der Waals surface area contributed by atoms with E-state index in [0.29, 0.717) is 12.5 Å². The number of hydrogen-bond acceptors (Lipinski definition) is 2. The van der Waals surface area contributed by atoms with Gasteiger partial charge >= 0.3 is 0 Å². The lowest BCUT2D eigenvalue weighted by Crippen LogP contribution is -2.43. The van der Waals surface area contributed by atoms with Crippen LogP contribution in [0.3, 0.4) is 0 Å². The number of guanidine groups is 1. The number of nitrogens with zero attached hydrogens (tertiary/aromatic N) is 2. The minimum atomic E-state index is -0.576. The molecule has 0 aromatic rings. The predicted octanol–water partition coefficient (Wildman–Crippen LogP) is 1.96. The number of likely N-dealkylation sites (tertiary alicyclic amines) is 1. The van der Waals surface area contributed by atoms with Crippen molar-refractivity contribution in [3.8, 4) is 0 Å². The van der Waals surface area contributed by atoms with Gasteiger partial charge in [-0.3, -0.25) is 4.99 Å². The van der Waals surface area contributed by atoms with Crippen LogP contribution in [-0.2, 0) is 0 Å². The number of halogens is 1. The zero-order chi connectivity index (χ0) is 12.3. The van der Waals surface area contributed by atoms with Gasteiger partial charge in [0.15, 0.2) is 5.96 Å². The molecule has 2 rings (SSSR count). The second-order valence-corrected chi connectivity index (χ2v) is 5.78. The molecule has 2 fully saturated rings. The molecule has 0 aromatic carbocycles. The van der Waals surface area contributed by atoms with Crippen LogP contribution in [0.1, 0.15) is 45.4 Å². The molecule has 0 bridgehead atoms. The van der Waals surface area contributed by atoms with Gasteiger partial charge in [0.1, 0.15) is 0 Å². The van der Waals surface area contributed by atoms with E-state index in [9.17, 15) is 5.11 Å². The van der Waals surface area contributed by atoms with Gasteiger partial charge in [-0.2, -0.15) is 0 Å². The molecule has 106 valence electrons. The van der Waals surface area contributed by atoms with Crippen molar-refractivity contribution in [1.82, 2.24) is 4.90 Å². The monoisotopic (exact) mass is 367 g/mol. The Balaban J connectivity index is 0.00000162. The van der Waals surface area contributed by atoms with E-state index in [1.54, 1.807) is 0 Å². The van der Waals surface area contributed by atoms with Crippen LogP contribution in [0.4, 0.5) is 0 Å². The highest BCUT2D eigenvalue weighted by atomic mass is 127. The summed E-state index contributed by atoms with van der Waals surface area (Å²) in [4.78, 5) is 6.55. The van der Waals surface area contributed by atoms with Crippen LogP contribution < -0.4 is 5.73 Å². The van der Waals surface area contributed by atoms with Gasteiger partial charge in [0.2, 0.25) is 0 Å². The number of hydrogen-bond donors (Lipinski definition) is 2. The Morgan fingerprint density at radius 3 is 2.44 bits per heavy atom. The first kappa shape index (κ1) is 16.0. The Morgan fingerprint density at radius 2 is 1.89 bits per heavy atom. The van der Waals surface area contributed by atoms with Gasteiger partial charge in [-0.05, 0) is 31.6 Å². The van der Waals surface area contributed by atoms with E-state index >= 15 is 0 Å². The minimum Gasteiger partial charge on any atom is -0.388 e. The van der Waals surface area contributed by atoms with Gasteiger partial charge in [0.25, 0.3) is 0 Å². The quantitative estimate of drug-likeness (QED) is 0.446. The van der Waals surface area contributed by atoms with E-state index in [-0.39, 0.29) is 24.0 Å². The summed E-state index contributed by atoms with van der Waals surface area (Å²) in [6.45, 7) is 4.78. The fourth-order valence-corrected chi connectivity index (χ4v) is 2.76. The summed E-state index contributed by atoms with van der Waals surface area (Å²) in [5.41, 5.74) is 5.42. The number of aliphatic hydroxyl groups is 1. The molecule has 18 heavy (non-hydrogen) atoms. The standard InChI is InChI=1S/C13H25N3O.HI/c1-11-4-8-16(9-5-11)12(14)15-10-13(17)6-2-3-7-13;/h11,17H,2-10H2,1H3,(H2,14,15);1H. The fourth-order valence-electron chi connectivity index (χ4n) is 2.76. The second kappa shape index (κ2) is 6.93. The van der Waals surface area contributed by atoms with Crippen LogP contribution in [0.5, 0.6) is 0 Å². The lowest BCUT2D eigenvalue weighted by molar-refractivity contribution is 0.0571. The molecule has 1 heterocycles. The SMILES string of the molecule is CC1CCN(C(N)=NCC2(O)CCCC2)CC1.I. The van der Waals surface area contributed by atoms with E-state index in [0.717, 1.165) is 44.7 Å². The van der Waals surface area contributed by atoms with E-state index in [1.165, 1.54) is 12.8 Å². The maximum Gasteiger partial charge on any atom is 0.191 e. The van der Waals surface area contributed by atoms with E-state index < -0.39 is 5.60 Å². The van der Waals surface area contributed by atoms with Crippen molar-refractivity contribution in [2.24, 2.45) is 16.6 Å². The van der Waals surface area contributed by atoms with Crippen LogP contribution >= 0.6 is 24.0 Å². The summed E-state index contributed by atoms with van der Waals surface area (Å²) in [5, 5.41) is 10.2. The molecule has 0 radical (unpaired) electrons. The van der Waals surface area contributed by atoms with Gasteiger partial charge in [-0.1, -0.05) is 19.8 Å².